The average Bonchev–Trinajstić information content (AvgIpc) is 2.30. The number of pyridine rings is 1. The van der Waals surface area contributed by atoms with Gasteiger partial charge in [0.2, 0.25) is 0 Å². The lowest BCUT2D eigenvalue weighted by Gasteiger charge is -1.99. The van der Waals surface area contributed by atoms with Crippen molar-refractivity contribution in [1.82, 2.24) is 4.98 Å². The fourth-order valence-electron chi connectivity index (χ4n) is 1.18. The monoisotopic (exact) mass is 285 g/mol. The third-order valence-corrected chi connectivity index (χ3v) is 3.16. The van der Waals surface area contributed by atoms with Crippen molar-refractivity contribution in [1.29, 1.82) is 0 Å². The molecule has 0 aromatic carbocycles. The predicted octanol–water partition coefficient (Wildman–Crippen LogP) is 3.12. The van der Waals surface area contributed by atoms with Gasteiger partial charge in [-0.15, -0.1) is 0 Å². The van der Waals surface area contributed by atoms with Gasteiger partial charge in [0.05, 0.1) is 5.56 Å². The van der Waals surface area contributed by atoms with Crippen LogP contribution >= 0.6 is 23.4 Å². The minimum atomic E-state index is -1.04. The first-order chi connectivity index (χ1) is 8.50. The number of hydrogen-bond acceptors (Lipinski definition) is 4. The Morgan fingerprint density at radius 1 is 1.56 bits per heavy atom. The molecule has 0 bridgehead atoms. The third-order valence-electron chi connectivity index (χ3n) is 2.00. The topological polar surface area (TPSA) is 67.3 Å². The Labute approximate surface area is 114 Å². The fourth-order valence-corrected chi connectivity index (χ4v) is 1.89. The molecule has 6 heteroatoms. The van der Waals surface area contributed by atoms with Gasteiger partial charge in [-0.1, -0.05) is 35.5 Å². The number of aromatic carboxylic acids is 1. The maximum Gasteiger partial charge on any atom is 0.337 e. The lowest BCUT2D eigenvalue weighted by molar-refractivity contribution is -0.109. The number of carboxylic acid groups (broad SMARTS) is 1. The number of hydrogen-bond donors (Lipinski definition) is 1. The number of aromatic nitrogens is 1. The Bertz CT molecular complexity index is 488. The second-order valence-electron chi connectivity index (χ2n) is 3.44. The van der Waals surface area contributed by atoms with E-state index in [4.69, 9.17) is 16.7 Å². The number of allylic oxidation sites excluding steroid dienone is 1. The molecule has 0 saturated carbocycles. The van der Waals surface area contributed by atoms with Gasteiger partial charge in [-0.3, -0.25) is 4.79 Å². The Kier molecular flexibility index (Phi) is 5.88. The molecule has 0 radical (unpaired) electrons. The number of carbonyl (C=O) groups excluding carboxylic acids is 1. The van der Waals surface area contributed by atoms with Gasteiger partial charge >= 0.3 is 5.97 Å². The van der Waals surface area contributed by atoms with Crippen LogP contribution in [0.2, 0.25) is 5.15 Å². The van der Waals surface area contributed by atoms with Crippen LogP contribution in [0.3, 0.4) is 0 Å². The molecular formula is C12H12ClNO3S. The summed E-state index contributed by atoms with van der Waals surface area (Å²) in [6.07, 6.45) is 5.47. The van der Waals surface area contributed by atoms with E-state index in [9.17, 15) is 9.59 Å². The molecule has 0 amide bonds. The van der Waals surface area contributed by atoms with E-state index in [2.05, 4.69) is 4.98 Å². The van der Waals surface area contributed by atoms with E-state index in [0.717, 1.165) is 0 Å². The molecule has 1 aromatic rings. The smallest absolute Gasteiger partial charge is 0.337 e. The first-order valence-corrected chi connectivity index (χ1v) is 6.56. The number of thioether (sulfide) groups is 1. The summed E-state index contributed by atoms with van der Waals surface area (Å²) < 4.78 is 0. The summed E-state index contributed by atoms with van der Waals surface area (Å²) in [7, 11) is 0. The standard InChI is InChI=1S/C12H12ClNO3S/c1-8(15)18-5-3-2-4-9-6-10(12(16)17)7-14-11(9)13/h2,4,6-7H,3,5H2,1H3,(H,16,17). The van der Waals surface area contributed by atoms with E-state index >= 15 is 0 Å². The molecule has 0 saturated heterocycles. The Balaban J connectivity index is 2.65. The molecule has 0 aliphatic rings. The third kappa shape index (κ3) is 4.89. The lowest BCUT2D eigenvalue weighted by Crippen LogP contribution is -1.98. The molecule has 0 aliphatic heterocycles. The average molecular weight is 286 g/mol. The van der Waals surface area contributed by atoms with Crippen LogP contribution in [0.15, 0.2) is 18.3 Å². The van der Waals surface area contributed by atoms with Gasteiger partial charge in [0.1, 0.15) is 5.15 Å². The maximum absolute atomic E-state index is 10.8. The van der Waals surface area contributed by atoms with Crippen LogP contribution in [0.1, 0.15) is 29.3 Å². The first kappa shape index (κ1) is 14.7. The highest BCUT2D eigenvalue weighted by atomic mass is 35.5. The van der Waals surface area contributed by atoms with Crippen molar-refractivity contribution >= 4 is 40.5 Å². The summed E-state index contributed by atoms with van der Waals surface area (Å²) in [5, 5.41) is 9.16. The summed E-state index contributed by atoms with van der Waals surface area (Å²) >= 11 is 7.10. The molecule has 4 nitrogen and oxygen atoms in total. The van der Waals surface area contributed by atoms with E-state index in [1.54, 1.807) is 6.08 Å². The van der Waals surface area contributed by atoms with Crippen LogP contribution in [-0.4, -0.2) is 26.9 Å². The summed E-state index contributed by atoms with van der Waals surface area (Å²) in [5.41, 5.74) is 0.654. The van der Waals surface area contributed by atoms with E-state index in [0.29, 0.717) is 17.7 Å². The van der Waals surface area contributed by atoms with Crippen LogP contribution in [0.25, 0.3) is 6.08 Å². The van der Waals surface area contributed by atoms with Gasteiger partial charge in [-0.2, -0.15) is 0 Å². The molecule has 0 atom stereocenters. The maximum atomic E-state index is 10.8. The second-order valence-corrected chi connectivity index (χ2v) is 5.07. The summed E-state index contributed by atoms with van der Waals surface area (Å²) in [6.45, 7) is 1.52. The van der Waals surface area contributed by atoms with Crippen LogP contribution < -0.4 is 0 Å². The predicted molar refractivity (Wildman–Crippen MR) is 73.0 cm³/mol. The van der Waals surface area contributed by atoms with Crippen molar-refractivity contribution in [3.8, 4) is 0 Å². The molecule has 96 valence electrons. The molecular weight excluding hydrogens is 274 g/mol. The van der Waals surface area contributed by atoms with Crippen molar-refractivity contribution < 1.29 is 14.7 Å². The zero-order valence-electron chi connectivity index (χ0n) is 9.72. The summed E-state index contributed by atoms with van der Waals surface area (Å²) in [5.74, 6) is -0.351. The van der Waals surface area contributed by atoms with Crippen LogP contribution in [0.4, 0.5) is 0 Å². The highest BCUT2D eigenvalue weighted by molar-refractivity contribution is 8.13. The largest absolute Gasteiger partial charge is 0.478 e. The molecule has 0 fully saturated rings. The van der Waals surface area contributed by atoms with Crippen LogP contribution in [0.5, 0.6) is 0 Å². The van der Waals surface area contributed by atoms with Gasteiger partial charge in [0.25, 0.3) is 0 Å². The number of rotatable bonds is 5. The van der Waals surface area contributed by atoms with Crippen molar-refractivity contribution in [3.05, 3.63) is 34.6 Å². The van der Waals surface area contributed by atoms with Crippen molar-refractivity contribution in [2.24, 2.45) is 0 Å². The van der Waals surface area contributed by atoms with Crippen LogP contribution in [0, 0.1) is 0 Å². The first-order valence-electron chi connectivity index (χ1n) is 5.19. The van der Waals surface area contributed by atoms with Gasteiger partial charge in [-0.05, 0) is 12.5 Å². The molecule has 0 aliphatic carbocycles. The Morgan fingerprint density at radius 2 is 2.28 bits per heavy atom. The lowest BCUT2D eigenvalue weighted by atomic mass is 10.2. The van der Waals surface area contributed by atoms with Gasteiger partial charge in [-0.25, -0.2) is 9.78 Å². The second kappa shape index (κ2) is 7.18. The van der Waals surface area contributed by atoms with Gasteiger partial charge in [0.15, 0.2) is 5.12 Å². The molecule has 1 heterocycles. The number of nitrogens with zero attached hydrogens (tertiary/aromatic N) is 1. The van der Waals surface area contributed by atoms with E-state index in [1.807, 2.05) is 6.08 Å². The molecule has 0 unspecified atom stereocenters. The summed E-state index contributed by atoms with van der Waals surface area (Å²) in [6, 6.07) is 1.46. The van der Waals surface area contributed by atoms with Crippen molar-refractivity contribution in [2.45, 2.75) is 13.3 Å². The number of carboxylic acids is 1. The molecule has 18 heavy (non-hydrogen) atoms. The zero-order chi connectivity index (χ0) is 13.5. The highest BCUT2D eigenvalue weighted by Gasteiger charge is 2.06. The zero-order valence-corrected chi connectivity index (χ0v) is 11.3. The molecule has 1 aromatic heterocycles. The van der Waals surface area contributed by atoms with Crippen LogP contribution in [-0.2, 0) is 4.79 Å². The SMILES string of the molecule is CC(=O)SCCC=Cc1cc(C(=O)O)cnc1Cl. The molecule has 1 N–H and O–H groups in total. The van der Waals surface area contributed by atoms with E-state index in [-0.39, 0.29) is 15.8 Å². The molecule has 0 spiro atoms. The van der Waals surface area contributed by atoms with Crippen molar-refractivity contribution in [3.63, 3.8) is 0 Å². The number of carbonyl (C=O) groups is 2. The fraction of sp³-hybridized carbons (Fsp3) is 0.250. The van der Waals surface area contributed by atoms with Gasteiger partial charge < -0.3 is 5.11 Å². The van der Waals surface area contributed by atoms with Crippen molar-refractivity contribution in [2.75, 3.05) is 5.75 Å². The quantitative estimate of drug-likeness (QED) is 0.665. The van der Waals surface area contributed by atoms with Gasteiger partial charge in [0, 0.05) is 24.4 Å². The highest BCUT2D eigenvalue weighted by Crippen LogP contribution is 2.16. The number of halogens is 1. The summed E-state index contributed by atoms with van der Waals surface area (Å²) in [4.78, 5) is 25.3. The van der Waals surface area contributed by atoms with E-state index < -0.39 is 5.97 Å². The normalized spacial score (nSPS) is 10.8. The molecule has 1 rings (SSSR count). The van der Waals surface area contributed by atoms with E-state index in [1.165, 1.54) is 30.9 Å². The minimum absolute atomic E-state index is 0.0796. The minimum Gasteiger partial charge on any atom is -0.478 e. The Morgan fingerprint density at radius 3 is 2.89 bits per heavy atom. The Hall–Kier alpha value is -1.33.